The third-order valence-electron chi connectivity index (χ3n) is 13.1. The van der Waals surface area contributed by atoms with E-state index in [-0.39, 0.29) is 108 Å². The Balaban J connectivity index is 1.07. The lowest BCUT2D eigenvalue weighted by molar-refractivity contribution is -0.128. The van der Waals surface area contributed by atoms with Gasteiger partial charge in [0.2, 0.25) is 23.6 Å². The molecule has 0 atom stereocenters. The Morgan fingerprint density at radius 1 is 0.367 bits per heavy atom. The second kappa shape index (κ2) is 33.0. The van der Waals surface area contributed by atoms with Crippen molar-refractivity contribution >= 4 is 88.5 Å². The fourth-order valence-electron chi connectivity index (χ4n) is 8.94. The van der Waals surface area contributed by atoms with Crippen LogP contribution in [0.4, 0.5) is 0 Å². The molecule has 0 aliphatic carbocycles. The van der Waals surface area contributed by atoms with Gasteiger partial charge in [-0.3, -0.25) is 19.2 Å². The lowest BCUT2D eigenvalue weighted by Gasteiger charge is -2.34. The fraction of sp³-hybridized carbons (Fsp3) is 0.344. The topological polar surface area (TPSA) is 195 Å². The van der Waals surface area contributed by atoms with Crippen molar-refractivity contribution in [2.24, 2.45) is 0 Å². The number of carbonyl (C=O) groups is 4. The molecule has 0 saturated carbocycles. The van der Waals surface area contributed by atoms with Gasteiger partial charge in [-0.25, -0.2) is 0 Å². The van der Waals surface area contributed by atoms with Crippen LogP contribution in [0.1, 0.15) is 44.9 Å². The molecule has 0 aliphatic heterocycles. The Morgan fingerprint density at radius 2 is 0.633 bits per heavy atom. The lowest BCUT2D eigenvalue weighted by atomic mass is 10.0. The van der Waals surface area contributed by atoms with E-state index in [9.17, 15) is 32.9 Å². The van der Waals surface area contributed by atoms with E-state index in [1.807, 2.05) is 109 Å². The van der Waals surface area contributed by atoms with Gasteiger partial charge in [-0.1, -0.05) is 188 Å². The zero-order valence-corrected chi connectivity index (χ0v) is 48.2. The molecule has 0 radical (unpaired) electrons. The third-order valence-corrected chi connectivity index (χ3v) is 22.3. The van der Waals surface area contributed by atoms with E-state index in [1.165, 1.54) is 0 Å². The summed E-state index contributed by atoms with van der Waals surface area (Å²) < 4.78 is 62.3. The molecule has 0 bridgehead atoms. The number of amides is 4. The van der Waals surface area contributed by atoms with E-state index in [4.69, 9.17) is 25.8 Å². The van der Waals surface area contributed by atoms with E-state index in [1.54, 1.807) is 72.8 Å². The Hall–Kier alpha value is -5.94. The third kappa shape index (κ3) is 19.7. The maximum atomic E-state index is 14.5. The van der Waals surface area contributed by atoms with Crippen molar-refractivity contribution in [3.63, 3.8) is 0 Å². The molecule has 0 saturated heterocycles. The quantitative estimate of drug-likeness (QED) is 0.0177. The van der Waals surface area contributed by atoms with Gasteiger partial charge in [0.05, 0.1) is 38.3 Å². The van der Waals surface area contributed by atoms with Gasteiger partial charge in [0, 0.05) is 83.6 Å². The van der Waals surface area contributed by atoms with Gasteiger partial charge in [-0.05, 0) is 32.1 Å². The Kier molecular flexibility index (Phi) is 26.0. The molecule has 0 spiro atoms. The number of halogens is 1. The Bertz CT molecular complexity index is 2510. The number of ether oxygens (including phenoxy) is 3. The van der Waals surface area contributed by atoms with Crippen LogP contribution in [0.25, 0.3) is 0 Å². The van der Waals surface area contributed by atoms with Gasteiger partial charge in [-0.15, -0.1) is 11.6 Å². The van der Waals surface area contributed by atoms with Crippen LogP contribution < -0.4 is 53.1 Å². The molecule has 6 aromatic rings. The SMILES string of the molecule is O=C(CP(=O)(c1ccccc1)c1ccccc1)NCCCOCC(COCCCNC(=O)CP(=O)(c1ccccc1)c1ccccc1)(COCCCNC(=O)CP(=O)(c1ccccc1)c1ccccc1)NC(=O)CCCCCCl. The molecule has 4 N–H and O–H groups in total. The first-order valence-electron chi connectivity index (χ1n) is 26.9. The maximum absolute atomic E-state index is 14.5. The summed E-state index contributed by atoms with van der Waals surface area (Å²) in [4.78, 5) is 53.8. The monoisotopic (exact) mass is 1150 g/mol. The van der Waals surface area contributed by atoms with E-state index in [0.29, 0.717) is 63.4 Å². The van der Waals surface area contributed by atoms with Crippen LogP contribution in [0, 0.1) is 0 Å². The number of hydrogen-bond acceptors (Lipinski definition) is 10. The molecule has 14 nitrogen and oxygen atoms in total. The Labute approximate surface area is 470 Å². The summed E-state index contributed by atoms with van der Waals surface area (Å²) in [6.45, 7) is 1.21. The first kappa shape index (κ1) is 62.3. The number of benzene rings is 6. The molecule has 0 heterocycles. The highest BCUT2D eigenvalue weighted by Crippen LogP contribution is 2.44. The molecule has 79 heavy (non-hydrogen) atoms. The standard InChI is InChI=1S/C61H74ClN4O10P3/c62-38-21-7-20-37-57(67)66-61(48-74-42-22-39-63-58(68)45-77(71,51-25-8-1-9-26-51)52-27-10-2-11-28-52,49-75-43-23-40-64-59(69)46-78(72,53-29-12-3-13-30-53)54-31-14-4-15-32-54)50-76-44-24-41-65-60(70)47-79(73,55-33-16-5-17-34-55)56-35-18-6-19-36-56/h1-6,8-19,25-36H,7,20-24,37-50H2,(H,63,68)(H,64,69)(H,65,70)(H,66,67). The summed E-state index contributed by atoms with van der Waals surface area (Å²) in [6, 6.07) is 54.1. The highest BCUT2D eigenvalue weighted by molar-refractivity contribution is 7.80. The number of alkyl halides is 1. The molecule has 420 valence electrons. The van der Waals surface area contributed by atoms with Crippen molar-refractivity contribution in [1.29, 1.82) is 0 Å². The van der Waals surface area contributed by atoms with Crippen LogP contribution in [0.3, 0.4) is 0 Å². The normalized spacial score (nSPS) is 11.9. The van der Waals surface area contributed by atoms with Crippen LogP contribution >= 0.6 is 33.0 Å². The molecule has 18 heteroatoms. The number of hydrogen-bond donors (Lipinski definition) is 4. The van der Waals surface area contributed by atoms with E-state index in [2.05, 4.69) is 21.3 Å². The van der Waals surface area contributed by atoms with Crippen molar-refractivity contribution in [3.8, 4) is 0 Å². The summed E-state index contributed by atoms with van der Waals surface area (Å²) in [5.41, 5.74) is -1.19. The van der Waals surface area contributed by atoms with Crippen LogP contribution in [-0.4, -0.2) is 113 Å². The number of nitrogens with one attached hydrogen (secondary N) is 4. The number of unbranched alkanes of at least 4 members (excludes halogenated alkanes) is 2. The van der Waals surface area contributed by atoms with Gasteiger partial charge < -0.3 is 49.2 Å². The average Bonchev–Trinajstić information content (AvgIpc) is 3.48. The second-order valence-corrected chi connectivity index (χ2v) is 28.2. The van der Waals surface area contributed by atoms with E-state index in [0.717, 1.165) is 12.8 Å². The summed E-state index contributed by atoms with van der Waals surface area (Å²) >= 11 is 5.94. The van der Waals surface area contributed by atoms with Crippen molar-refractivity contribution < 1.29 is 47.1 Å². The largest absolute Gasteiger partial charge is 0.379 e. The highest BCUT2D eigenvalue weighted by atomic mass is 35.5. The van der Waals surface area contributed by atoms with Crippen LogP contribution in [0.5, 0.6) is 0 Å². The first-order valence-corrected chi connectivity index (χ1v) is 33.1. The minimum Gasteiger partial charge on any atom is -0.379 e. The molecule has 4 amide bonds. The molecular weight excluding hydrogens is 1080 g/mol. The summed E-state index contributed by atoms with van der Waals surface area (Å²) in [7, 11) is -9.85. The molecule has 6 rings (SSSR count). The highest BCUT2D eigenvalue weighted by Gasteiger charge is 2.35. The summed E-state index contributed by atoms with van der Waals surface area (Å²) in [6.07, 6.45) is 2.97. The predicted octanol–water partition coefficient (Wildman–Crippen LogP) is 7.25. The van der Waals surface area contributed by atoms with Crippen molar-refractivity contribution in [2.45, 2.75) is 50.5 Å². The Morgan fingerprint density at radius 3 is 0.886 bits per heavy atom. The lowest BCUT2D eigenvalue weighted by Crippen LogP contribution is -2.58. The fourth-order valence-corrected chi connectivity index (χ4v) is 16.6. The summed E-state index contributed by atoms with van der Waals surface area (Å²) in [5, 5.41) is 15.5. The van der Waals surface area contributed by atoms with Crippen LogP contribution in [0.15, 0.2) is 182 Å². The molecule has 0 aromatic heterocycles. The average molecular weight is 1150 g/mol. The predicted molar refractivity (Wildman–Crippen MR) is 319 cm³/mol. The smallest absolute Gasteiger partial charge is 0.228 e. The zero-order chi connectivity index (χ0) is 56.1. The first-order chi connectivity index (χ1) is 38.4. The van der Waals surface area contributed by atoms with Gasteiger partial charge in [0.1, 0.15) is 5.54 Å². The van der Waals surface area contributed by atoms with E-state index < -0.39 is 27.0 Å². The number of carbonyl (C=O) groups excluding carboxylic acids is 4. The van der Waals surface area contributed by atoms with Crippen LogP contribution in [-0.2, 0) is 47.1 Å². The van der Waals surface area contributed by atoms with Gasteiger partial charge in [-0.2, -0.15) is 0 Å². The zero-order valence-electron chi connectivity index (χ0n) is 44.8. The molecular formula is C61H74ClN4O10P3. The number of rotatable bonds is 36. The van der Waals surface area contributed by atoms with Crippen LogP contribution in [0.2, 0.25) is 0 Å². The maximum Gasteiger partial charge on any atom is 0.228 e. The molecule has 0 aliphatic rings. The minimum atomic E-state index is -3.28. The van der Waals surface area contributed by atoms with E-state index >= 15 is 0 Å². The van der Waals surface area contributed by atoms with Gasteiger partial charge >= 0.3 is 0 Å². The van der Waals surface area contributed by atoms with Crippen molar-refractivity contribution in [1.82, 2.24) is 21.3 Å². The van der Waals surface area contributed by atoms with Crippen molar-refractivity contribution in [2.75, 3.05) is 83.6 Å². The second-order valence-electron chi connectivity index (χ2n) is 19.3. The van der Waals surface area contributed by atoms with Gasteiger partial charge in [0.25, 0.3) is 0 Å². The minimum absolute atomic E-state index is 0.0262. The molecule has 0 fully saturated rings. The molecule has 0 unspecified atom stereocenters. The molecule has 6 aromatic carbocycles. The summed E-state index contributed by atoms with van der Waals surface area (Å²) in [5.74, 6) is -0.821. The van der Waals surface area contributed by atoms with Crippen molar-refractivity contribution in [3.05, 3.63) is 182 Å². The van der Waals surface area contributed by atoms with Gasteiger partial charge in [0.15, 0.2) is 21.4 Å².